The lowest BCUT2D eigenvalue weighted by Crippen LogP contribution is -2.70. The summed E-state index contributed by atoms with van der Waals surface area (Å²) in [6.45, 7) is -7.98. The van der Waals surface area contributed by atoms with Gasteiger partial charge >= 0.3 is 83.5 Å². The second kappa shape index (κ2) is 13.4. The first-order valence-corrected chi connectivity index (χ1v) is 12.8. The molecule has 0 aromatic carbocycles. The van der Waals surface area contributed by atoms with Gasteiger partial charge in [-0.1, -0.05) is 0 Å². The second-order valence-corrected chi connectivity index (χ2v) is 11.1. The lowest BCUT2D eigenvalue weighted by Gasteiger charge is -2.39. The minimum atomic E-state index is -8.52. The Balaban J connectivity index is 6.26. The molecule has 52 heavy (non-hydrogen) atoms. The third-order valence-corrected chi connectivity index (χ3v) is 6.86. The standard InChI is InChI=1S/C18H8F26O7S/c19-7(20,9(23,24)11(27,28)13(31,32)15(35,36)17(39,40)41)2-50-5(45)1-4(52(47,48)49)6(46)51-3-8(21,22)10(25,26)12(29,30)14(33,34)16(37,38)18(42,43)44/h4H,1-3H2,(H,47,48,49). The minimum absolute atomic E-state index is 2.87. The van der Waals surface area contributed by atoms with Crippen molar-refractivity contribution in [1.29, 1.82) is 0 Å². The maximum absolute atomic E-state index is 13.7. The van der Waals surface area contributed by atoms with Crippen LogP contribution in [0.4, 0.5) is 114 Å². The minimum Gasteiger partial charge on any atom is -0.459 e. The summed E-state index contributed by atoms with van der Waals surface area (Å²) in [5.41, 5.74) is 0. The van der Waals surface area contributed by atoms with Crippen molar-refractivity contribution < 1.29 is 146 Å². The van der Waals surface area contributed by atoms with Crippen LogP contribution in [-0.4, -0.2) is 115 Å². The summed E-state index contributed by atoms with van der Waals surface area (Å²) < 4.78 is 377. The number of halogens is 26. The highest BCUT2D eigenvalue weighted by Gasteiger charge is 2.92. The zero-order valence-corrected chi connectivity index (χ0v) is 23.6. The molecule has 0 saturated carbocycles. The van der Waals surface area contributed by atoms with Gasteiger partial charge in [0, 0.05) is 0 Å². The van der Waals surface area contributed by atoms with Gasteiger partial charge in [0.25, 0.3) is 10.1 Å². The number of ether oxygens (including phenoxy) is 2. The third kappa shape index (κ3) is 7.80. The Labute approximate surface area is 265 Å². The Morgan fingerprint density at radius 1 is 0.442 bits per heavy atom. The van der Waals surface area contributed by atoms with Crippen molar-refractivity contribution >= 4 is 22.1 Å². The van der Waals surface area contributed by atoms with Gasteiger partial charge in [-0.05, 0) is 0 Å². The maximum atomic E-state index is 13.7. The summed E-state index contributed by atoms with van der Waals surface area (Å²) in [7, 11) is -6.65. The van der Waals surface area contributed by atoms with Crippen molar-refractivity contribution in [2.75, 3.05) is 13.2 Å². The van der Waals surface area contributed by atoms with Gasteiger partial charge in [-0.2, -0.15) is 123 Å². The Morgan fingerprint density at radius 3 is 0.942 bits per heavy atom. The molecule has 0 aliphatic rings. The van der Waals surface area contributed by atoms with Gasteiger partial charge in [-0.25, -0.2) is 0 Å². The monoisotopic (exact) mass is 862 g/mol. The summed E-state index contributed by atoms with van der Waals surface area (Å²) in [6.07, 6.45) is -18.7. The van der Waals surface area contributed by atoms with E-state index in [2.05, 4.69) is 9.47 Å². The Hall–Kier alpha value is -2.97. The molecule has 7 nitrogen and oxygen atoms in total. The quantitative estimate of drug-likeness (QED) is 0.0995. The van der Waals surface area contributed by atoms with E-state index in [1.165, 1.54) is 0 Å². The molecule has 0 radical (unpaired) electrons. The predicted molar refractivity (Wildman–Crippen MR) is 103 cm³/mol. The molecule has 310 valence electrons. The Kier molecular flexibility index (Phi) is 12.6. The van der Waals surface area contributed by atoms with Crippen molar-refractivity contribution in [3.8, 4) is 0 Å². The van der Waals surface area contributed by atoms with Crippen molar-refractivity contribution in [3.63, 3.8) is 0 Å². The molecule has 1 atom stereocenters. The van der Waals surface area contributed by atoms with Crippen LogP contribution in [0.15, 0.2) is 0 Å². The Morgan fingerprint density at radius 2 is 0.692 bits per heavy atom. The topological polar surface area (TPSA) is 107 Å². The number of alkyl halides is 26. The molecule has 1 unspecified atom stereocenters. The van der Waals surface area contributed by atoms with Crippen LogP contribution in [0.25, 0.3) is 0 Å². The van der Waals surface area contributed by atoms with Crippen LogP contribution in [0.1, 0.15) is 6.42 Å². The number of hydrogen-bond acceptors (Lipinski definition) is 6. The predicted octanol–water partition coefficient (Wildman–Crippen LogP) is 7.20. The molecule has 0 spiro atoms. The van der Waals surface area contributed by atoms with Crippen molar-refractivity contribution in [2.24, 2.45) is 0 Å². The van der Waals surface area contributed by atoms with E-state index in [0.717, 1.165) is 0 Å². The van der Waals surface area contributed by atoms with Gasteiger partial charge in [-0.15, -0.1) is 0 Å². The fourth-order valence-corrected chi connectivity index (χ4v) is 3.39. The van der Waals surface area contributed by atoms with Gasteiger partial charge in [0.1, 0.15) is 0 Å². The lowest BCUT2D eigenvalue weighted by atomic mass is 9.94. The van der Waals surface area contributed by atoms with Crippen LogP contribution < -0.4 is 0 Å². The molecule has 0 fully saturated rings. The van der Waals surface area contributed by atoms with E-state index in [9.17, 15) is 132 Å². The highest BCUT2D eigenvalue weighted by molar-refractivity contribution is 7.87. The van der Waals surface area contributed by atoms with Gasteiger partial charge in [0.15, 0.2) is 18.5 Å². The van der Waals surface area contributed by atoms with Gasteiger partial charge in [0.2, 0.25) is 0 Å². The molecule has 0 aliphatic heterocycles. The van der Waals surface area contributed by atoms with E-state index < -0.39 is 119 Å². The summed E-state index contributed by atoms with van der Waals surface area (Å²) in [5, 5.41) is -4.20. The molecule has 0 saturated heterocycles. The molecule has 0 amide bonds. The van der Waals surface area contributed by atoms with Gasteiger partial charge in [-0.3, -0.25) is 14.1 Å². The fourth-order valence-electron chi connectivity index (χ4n) is 2.73. The van der Waals surface area contributed by atoms with Crippen LogP contribution in [0.3, 0.4) is 0 Å². The largest absolute Gasteiger partial charge is 0.460 e. The average molecular weight is 862 g/mol. The van der Waals surface area contributed by atoms with E-state index in [1.54, 1.807) is 0 Å². The average Bonchev–Trinajstić information content (AvgIpc) is 2.90. The van der Waals surface area contributed by atoms with E-state index in [4.69, 9.17) is 4.55 Å². The fraction of sp³-hybridized carbons (Fsp3) is 0.889. The SMILES string of the molecule is O=C(CC(C(=O)OCC(F)(F)C(F)(F)C(F)(F)C(F)(F)C(F)(F)C(F)(F)F)S(=O)(=O)O)OCC(F)(F)C(F)(F)C(F)(F)C(F)(F)C(F)(F)C(F)(F)F. The number of esters is 2. The van der Waals surface area contributed by atoms with Gasteiger partial charge in [0.05, 0.1) is 6.42 Å². The van der Waals surface area contributed by atoms with Crippen molar-refractivity contribution in [3.05, 3.63) is 0 Å². The number of rotatable bonds is 16. The number of carbonyl (C=O) groups is 2. The van der Waals surface area contributed by atoms with Crippen molar-refractivity contribution in [1.82, 2.24) is 0 Å². The molecule has 0 bridgehead atoms. The third-order valence-electron chi connectivity index (χ3n) is 5.78. The molecule has 0 aliphatic carbocycles. The molecular weight excluding hydrogens is 854 g/mol. The molecule has 0 heterocycles. The zero-order chi connectivity index (χ0) is 42.8. The van der Waals surface area contributed by atoms with E-state index >= 15 is 0 Å². The molecular formula is C18H8F26O7S. The van der Waals surface area contributed by atoms with Crippen molar-refractivity contribution in [2.45, 2.75) is 83.2 Å². The highest BCUT2D eigenvalue weighted by atomic mass is 32.2. The summed E-state index contributed by atoms with van der Waals surface area (Å²) in [4.78, 5) is 23.1. The van der Waals surface area contributed by atoms with Crippen LogP contribution in [0.5, 0.6) is 0 Å². The summed E-state index contributed by atoms with van der Waals surface area (Å²) in [5.74, 6) is -88.1. The van der Waals surface area contributed by atoms with Crippen LogP contribution in [0, 0.1) is 0 Å². The molecule has 0 aromatic rings. The second-order valence-electron chi connectivity index (χ2n) is 9.48. The Bertz CT molecular complexity index is 1430. The summed E-state index contributed by atoms with van der Waals surface area (Å²) in [6, 6.07) is 0. The maximum Gasteiger partial charge on any atom is 0.460 e. The summed E-state index contributed by atoms with van der Waals surface area (Å²) >= 11 is 0. The normalized spacial score (nSPS) is 16.4. The first kappa shape index (κ1) is 49.0. The first-order chi connectivity index (χ1) is 22.1. The zero-order valence-electron chi connectivity index (χ0n) is 22.8. The molecule has 0 aromatic heterocycles. The van der Waals surface area contributed by atoms with Crippen LogP contribution in [-0.2, 0) is 29.2 Å². The highest BCUT2D eigenvalue weighted by Crippen LogP contribution is 2.61. The molecule has 34 heteroatoms. The van der Waals surface area contributed by atoms with E-state index in [0.29, 0.717) is 0 Å². The lowest BCUT2D eigenvalue weighted by molar-refractivity contribution is -0.441. The van der Waals surface area contributed by atoms with E-state index in [-0.39, 0.29) is 0 Å². The van der Waals surface area contributed by atoms with E-state index in [1.807, 2.05) is 0 Å². The smallest absolute Gasteiger partial charge is 0.459 e. The molecule has 1 N–H and O–H groups in total. The molecule has 0 rings (SSSR count). The van der Waals surface area contributed by atoms with Gasteiger partial charge < -0.3 is 9.47 Å². The number of carbonyl (C=O) groups excluding carboxylic acids is 2. The van der Waals surface area contributed by atoms with Crippen LogP contribution in [0.2, 0.25) is 0 Å². The first-order valence-electron chi connectivity index (χ1n) is 11.3. The van der Waals surface area contributed by atoms with Crippen LogP contribution >= 0.6 is 0 Å². The number of hydrogen-bond donors (Lipinski definition) is 1.